The molecule has 7 heteroatoms. The van der Waals surface area contributed by atoms with E-state index in [9.17, 15) is 14.0 Å². The van der Waals surface area contributed by atoms with Gasteiger partial charge in [-0.2, -0.15) is 0 Å². The third-order valence-corrected chi connectivity index (χ3v) is 5.54. The molecule has 31 heavy (non-hydrogen) atoms. The number of para-hydroxylation sites is 1. The molecule has 0 radical (unpaired) electrons. The molecule has 2 amide bonds. The molecule has 6 nitrogen and oxygen atoms in total. The molecule has 3 aromatic rings. The number of benzene rings is 2. The van der Waals surface area contributed by atoms with E-state index in [1.807, 2.05) is 44.2 Å². The van der Waals surface area contributed by atoms with Crippen LogP contribution in [0.15, 0.2) is 54.6 Å². The van der Waals surface area contributed by atoms with Crippen LogP contribution < -0.4 is 0 Å². The van der Waals surface area contributed by atoms with E-state index in [0.29, 0.717) is 18.8 Å². The lowest BCUT2D eigenvalue weighted by Gasteiger charge is -2.27. The van der Waals surface area contributed by atoms with Crippen LogP contribution in [0.1, 0.15) is 29.9 Å². The average molecular weight is 423 g/mol. The molecule has 0 aliphatic carbocycles. The first-order chi connectivity index (χ1) is 14.9. The van der Waals surface area contributed by atoms with Crippen LogP contribution in [0.5, 0.6) is 0 Å². The number of carbonyl (C=O) groups is 2. The van der Waals surface area contributed by atoms with Crippen LogP contribution >= 0.6 is 0 Å². The highest BCUT2D eigenvalue weighted by Crippen LogP contribution is 2.19. The number of halogens is 1. The number of amides is 2. The third kappa shape index (κ3) is 4.77. The van der Waals surface area contributed by atoms with Crippen LogP contribution in [0.4, 0.5) is 4.39 Å². The molecule has 1 aliphatic rings. The van der Waals surface area contributed by atoms with E-state index in [-0.39, 0.29) is 42.9 Å². The molecule has 1 aromatic heterocycles. The Morgan fingerprint density at radius 2 is 1.90 bits per heavy atom. The Morgan fingerprint density at radius 1 is 1.16 bits per heavy atom. The highest BCUT2D eigenvalue weighted by molar-refractivity contribution is 5.99. The summed E-state index contributed by atoms with van der Waals surface area (Å²) in [5.74, 6) is -0.636. The lowest BCUT2D eigenvalue weighted by molar-refractivity contribution is -0.133. The minimum Gasteiger partial charge on any atom is -0.370 e. The lowest BCUT2D eigenvalue weighted by atomic mass is 10.2. The standard InChI is InChI=1S/C24H26FN3O3/c1-16(2)28-13-20(31-15-17-7-9-19(25)10-8-17)12-27(14-23(28)29)24(30)22-11-18-5-3-4-6-21(18)26-22/h3-11,16,20,26H,12-15H2,1-2H3. The average Bonchev–Trinajstić information content (AvgIpc) is 3.11. The van der Waals surface area contributed by atoms with E-state index >= 15 is 0 Å². The number of nitrogens with one attached hydrogen (secondary N) is 1. The number of nitrogens with zero attached hydrogens (tertiary/aromatic N) is 2. The Hall–Kier alpha value is -3.19. The van der Waals surface area contributed by atoms with Gasteiger partial charge >= 0.3 is 0 Å². The molecule has 0 bridgehead atoms. The Balaban J connectivity index is 1.54. The molecule has 1 atom stereocenters. The normalized spacial score (nSPS) is 17.4. The van der Waals surface area contributed by atoms with Gasteiger partial charge in [0.05, 0.1) is 12.7 Å². The lowest BCUT2D eigenvalue weighted by Crippen LogP contribution is -2.42. The van der Waals surface area contributed by atoms with Crippen molar-refractivity contribution in [3.63, 3.8) is 0 Å². The predicted octanol–water partition coefficient (Wildman–Crippen LogP) is 3.59. The van der Waals surface area contributed by atoms with Gasteiger partial charge in [-0.3, -0.25) is 9.59 Å². The van der Waals surface area contributed by atoms with Crippen LogP contribution in [0.3, 0.4) is 0 Å². The zero-order chi connectivity index (χ0) is 22.0. The quantitative estimate of drug-likeness (QED) is 0.682. The number of hydrogen-bond acceptors (Lipinski definition) is 3. The fourth-order valence-corrected chi connectivity index (χ4v) is 3.86. The molecule has 2 heterocycles. The van der Waals surface area contributed by atoms with E-state index in [1.165, 1.54) is 12.1 Å². The van der Waals surface area contributed by atoms with Crippen molar-refractivity contribution in [3.8, 4) is 0 Å². The monoisotopic (exact) mass is 423 g/mol. The predicted molar refractivity (Wildman–Crippen MR) is 116 cm³/mol. The fourth-order valence-electron chi connectivity index (χ4n) is 3.86. The molecule has 0 saturated carbocycles. The Labute approximate surface area is 180 Å². The first-order valence-corrected chi connectivity index (χ1v) is 10.4. The Morgan fingerprint density at radius 3 is 2.61 bits per heavy atom. The molecule has 162 valence electrons. The third-order valence-electron chi connectivity index (χ3n) is 5.54. The van der Waals surface area contributed by atoms with Crippen molar-refractivity contribution in [1.82, 2.24) is 14.8 Å². The summed E-state index contributed by atoms with van der Waals surface area (Å²) in [6, 6.07) is 15.6. The van der Waals surface area contributed by atoms with Crippen molar-refractivity contribution in [2.24, 2.45) is 0 Å². The largest absolute Gasteiger partial charge is 0.370 e. The molecule has 1 aliphatic heterocycles. The SMILES string of the molecule is CC(C)N1CC(OCc2ccc(F)cc2)CN(C(=O)c2cc3ccccc3[nH]2)CC1=O. The summed E-state index contributed by atoms with van der Waals surface area (Å²) in [5, 5.41) is 0.944. The molecule has 4 rings (SSSR count). The van der Waals surface area contributed by atoms with Crippen molar-refractivity contribution in [1.29, 1.82) is 0 Å². The van der Waals surface area contributed by atoms with Gasteiger partial charge in [-0.15, -0.1) is 0 Å². The van der Waals surface area contributed by atoms with Crippen molar-refractivity contribution in [2.75, 3.05) is 19.6 Å². The van der Waals surface area contributed by atoms with Gasteiger partial charge < -0.3 is 19.5 Å². The van der Waals surface area contributed by atoms with Crippen molar-refractivity contribution < 1.29 is 18.7 Å². The fraction of sp³-hybridized carbons (Fsp3) is 0.333. The van der Waals surface area contributed by atoms with E-state index < -0.39 is 0 Å². The number of aromatic nitrogens is 1. The smallest absolute Gasteiger partial charge is 0.270 e. The zero-order valence-corrected chi connectivity index (χ0v) is 17.7. The van der Waals surface area contributed by atoms with Gasteiger partial charge in [0.25, 0.3) is 5.91 Å². The van der Waals surface area contributed by atoms with Gasteiger partial charge in [0.1, 0.15) is 18.1 Å². The Bertz CT molecular complexity index is 1040. The van der Waals surface area contributed by atoms with Crippen LogP contribution in [0.2, 0.25) is 0 Å². The van der Waals surface area contributed by atoms with E-state index in [4.69, 9.17) is 4.74 Å². The van der Waals surface area contributed by atoms with Crippen molar-refractivity contribution >= 4 is 22.7 Å². The Kier molecular flexibility index (Phi) is 6.04. The molecule has 1 saturated heterocycles. The number of hydrogen-bond donors (Lipinski definition) is 1. The molecule has 1 unspecified atom stereocenters. The van der Waals surface area contributed by atoms with Gasteiger partial charge in [-0.25, -0.2) is 4.39 Å². The van der Waals surface area contributed by atoms with Crippen LogP contribution in [-0.2, 0) is 16.1 Å². The molecular formula is C24H26FN3O3. The summed E-state index contributed by atoms with van der Waals surface area (Å²) in [7, 11) is 0. The number of ether oxygens (including phenoxy) is 1. The maximum Gasteiger partial charge on any atom is 0.270 e. The van der Waals surface area contributed by atoms with Gasteiger partial charge in [0, 0.05) is 30.0 Å². The summed E-state index contributed by atoms with van der Waals surface area (Å²) in [6.07, 6.45) is -0.354. The highest BCUT2D eigenvalue weighted by atomic mass is 19.1. The number of fused-ring (bicyclic) bond motifs is 1. The molecule has 1 N–H and O–H groups in total. The zero-order valence-electron chi connectivity index (χ0n) is 17.7. The van der Waals surface area contributed by atoms with Gasteiger partial charge in [0.15, 0.2) is 0 Å². The van der Waals surface area contributed by atoms with E-state index in [2.05, 4.69) is 4.98 Å². The summed E-state index contributed by atoms with van der Waals surface area (Å²) >= 11 is 0. The molecule has 1 fully saturated rings. The van der Waals surface area contributed by atoms with Crippen molar-refractivity contribution in [2.45, 2.75) is 32.6 Å². The maximum absolute atomic E-state index is 13.2. The van der Waals surface area contributed by atoms with Crippen LogP contribution in [-0.4, -0.2) is 58.4 Å². The van der Waals surface area contributed by atoms with Crippen LogP contribution in [0.25, 0.3) is 10.9 Å². The summed E-state index contributed by atoms with van der Waals surface area (Å²) < 4.78 is 19.2. The topological polar surface area (TPSA) is 65.6 Å². The van der Waals surface area contributed by atoms with Gasteiger partial charge in [-0.05, 0) is 43.7 Å². The van der Waals surface area contributed by atoms with Gasteiger partial charge in [-0.1, -0.05) is 30.3 Å². The minimum atomic E-state index is -0.354. The maximum atomic E-state index is 13.2. The first-order valence-electron chi connectivity index (χ1n) is 10.4. The van der Waals surface area contributed by atoms with Crippen LogP contribution in [0, 0.1) is 5.82 Å². The highest BCUT2D eigenvalue weighted by Gasteiger charge is 2.32. The van der Waals surface area contributed by atoms with Gasteiger partial charge in [0.2, 0.25) is 5.91 Å². The summed E-state index contributed by atoms with van der Waals surface area (Å²) in [5.41, 5.74) is 2.16. The molecular weight excluding hydrogens is 397 g/mol. The molecule has 0 spiro atoms. The number of carbonyl (C=O) groups excluding carboxylic acids is 2. The van der Waals surface area contributed by atoms with E-state index in [0.717, 1.165) is 16.5 Å². The second-order valence-electron chi connectivity index (χ2n) is 8.16. The van der Waals surface area contributed by atoms with Crippen molar-refractivity contribution in [3.05, 3.63) is 71.7 Å². The second-order valence-corrected chi connectivity index (χ2v) is 8.16. The number of rotatable bonds is 5. The molecule has 2 aromatic carbocycles. The minimum absolute atomic E-state index is 0.00276. The summed E-state index contributed by atoms with van der Waals surface area (Å²) in [6.45, 7) is 4.87. The number of H-pyrrole nitrogens is 1. The second kappa shape index (κ2) is 8.89. The van der Waals surface area contributed by atoms with E-state index in [1.54, 1.807) is 21.9 Å². The number of aromatic amines is 1. The first kappa shape index (κ1) is 21.1. The summed E-state index contributed by atoms with van der Waals surface area (Å²) in [4.78, 5) is 32.5.